The van der Waals surface area contributed by atoms with Gasteiger partial charge >= 0.3 is 0 Å². The zero-order valence-electron chi connectivity index (χ0n) is 16.1. The molecule has 0 unspecified atom stereocenters. The standard InChI is InChI=1S/C24H21N3O2/c1-2-22(28)25-19-13-7-6-12-18(19)23-24(29)27(16-17-10-4-3-5-11-17)21-15-9-8-14-20(21)26-23/h3-15H,2,16H2,1H3,(H,25,28). The first-order valence-electron chi connectivity index (χ1n) is 9.60. The lowest BCUT2D eigenvalue weighted by molar-refractivity contribution is -0.115. The Hall–Kier alpha value is -3.73. The summed E-state index contributed by atoms with van der Waals surface area (Å²) in [5, 5.41) is 2.88. The third kappa shape index (κ3) is 3.80. The van der Waals surface area contributed by atoms with Crippen molar-refractivity contribution in [2.45, 2.75) is 19.9 Å². The summed E-state index contributed by atoms with van der Waals surface area (Å²) in [6, 6.07) is 24.8. The molecular weight excluding hydrogens is 362 g/mol. The van der Waals surface area contributed by atoms with Gasteiger partial charge in [-0.1, -0.05) is 67.6 Å². The maximum absolute atomic E-state index is 13.5. The van der Waals surface area contributed by atoms with Crippen LogP contribution in [-0.4, -0.2) is 15.5 Å². The summed E-state index contributed by atoms with van der Waals surface area (Å²) in [6.07, 6.45) is 0.359. The highest BCUT2D eigenvalue weighted by atomic mass is 16.1. The molecule has 5 heteroatoms. The van der Waals surface area contributed by atoms with Gasteiger partial charge in [0.1, 0.15) is 5.69 Å². The van der Waals surface area contributed by atoms with Crippen molar-refractivity contribution in [2.24, 2.45) is 0 Å². The van der Waals surface area contributed by atoms with Crippen LogP contribution in [0.15, 0.2) is 83.7 Å². The largest absolute Gasteiger partial charge is 0.325 e. The van der Waals surface area contributed by atoms with Crippen LogP contribution in [0.3, 0.4) is 0 Å². The highest BCUT2D eigenvalue weighted by Crippen LogP contribution is 2.26. The first-order chi connectivity index (χ1) is 14.2. The van der Waals surface area contributed by atoms with E-state index in [0.717, 1.165) is 16.6 Å². The molecule has 0 bridgehead atoms. The molecule has 1 aromatic heterocycles. The summed E-state index contributed by atoms with van der Waals surface area (Å²) in [5.41, 5.74) is 3.88. The van der Waals surface area contributed by atoms with Crippen molar-refractivity contribution in [2.75, 3.05) is 5.32 Å². The van der Waals surface area contributed by atoms with E-state index >= 15 is 0 Å². The predicted molar refractivity (Wildman–Crippen MR) is 116 cm³/mol. The Morgan fingerprint density at radius 3 is 2.41 bits per heavy atom. The number of fused-ring (bicyclic) bond motifs is 1. The third-order valence-corrected chi connectivity index (χ3v) is 4.81. The quantitative estimate of drug-likeness (QED) is 0.553. The lowest BCUT2D eigenvalue weighted by Gasteiger charge is -2.15. The molecule has 1 amide bonds. The van der Waals surface area contributed by atoms with Crippen molar-refractivity contribution < 1.29 is 4.79 Å². The summed E-state index contributed by atoms with van der Waals surface area (Å²) in [4.78, 5) is 30.1. The molecule has 0 fully saturated rings. The monoisotopic (exact) mass is 383 g/mol. The number of anilines is 1. The molecule has 0 saturated carbocycles. The highest BCUT2D eigenvalue weighted by Gasteiger charge is 2.16. The normalized spacial score (nSPS) is 10.8. The minimum Gasteiger partial charge on any atom is -0.325 e. The Bertz CT molecular complexity index is 1230. The average Bonchev–Trinajstić information content (AvgIpc) is 2.76. The smallest absolute Gasteiger partial charge is 0.277 e. The molecule has 0 atom stereocenters. The van der Waals surface area contributed by atoms with Crippen molar-refractivity contribution in [3.05, 3.63) is 94.8 Å². The van der Waals surface area contributed by atoms with E-state index in [1.807, 2.05) is 72.8 Å². The lowest BCUT2D eigenvalue weighted by Crippen LogP contribution is -2.24. The highest BCUT2D eigenvalue weighted by molar-refractivity contribution is 5.95. The van der Waals surface area contributed by atoms with Crippen LogP contribution in [0.1, 0.15) is 18.9 Å². The van der Waals surface area contributed by atoms with E-state index in [4.69, 9.17) is 0 Å². The number of nitrogens with zero attached hydrogens (tertiary/aromatic N) is 2. The van der Waals surface area contributed by atoms with Crippen LogP contribution in [0.5, 0.6) is 0 Å². The van der Waals surface area contributed by atoms with Crippen molar-refractivity contribution in [3.63, 3.8) is 0 Å². The zero-order chi connectivity index (χ0) is 20.2. The number of carbonyl (C=O) groups excluding carboxylic acids is 1. The molecular formula is C24H21N3O2. The van der Waals surface area contributed by atoms with Crippen LogP contribution < -0.4 is 10.9 Å². The molecule has 4 aromatic rings. The van der Waals surface area contributed by atoms with E-state index in [1.54, 1.807) is 17.6 Å². The fourth-order valence-electron chi connectivity index (χ4n) is 3.33. The fraction of sp³-hybridized carbons (Fsp3) is 0.125. The summed E-state index contributed by atoms with van der Waals surface area (Å²) >= 11 is 0. The summed E-state index contributed by atoms with van der Waals surface area (Å²) in [6.45, 7) is 2.23. The first-order valence-corrected chi connectivity index (χ1v) is 9.60. The average molecular weight is 383 g/mol. The molecule has 0 radical (unpaired) electrons. The molecule has 1 N–H and O–H groups in total. The molecule has 144 valence electrons. The molecule has 1 heterocycles. The maximum Gasteiger partial charge on any atom is 0.277 e. The number of aromatic nitrogens is 2. The van der Waals surface area contributed by atoms with Gasteiger partial charge in [-0.2, -0.15) is 0 Å². The van der Waals surface area contributed by atoms with Gasteiger partial charge in [0.15, 0.2) is 0 Å². The molecule has 0 aliphatic rings. The van der Waals surface area contributed by atoms with Gasteiger partial charge in [0, 0.05) is 12.0 Å². The van der Waals surface area contributed by atoms with Gasteiger partial charge in [0.25, 0.3) is 5.56 Å². The minimum atomic E-state index is -0.189. The number of carbonyl (C=O) groups is 1. The molecule has 0 spiro atoms. The van der Waals surface area contributed by atoms with Gasteiger partial charge in [-0.15, -0.1) is 0 Å². The first kappa shape index (κ1) is 18.6. The van der Waals surface area contributed by atoms with Gasteiger partial charge in [-0.05, 0) is 23.8 Å². The summed E-state index contributed by atoms with van der Waals surface area (Å²) < 4.78 is 1.74. The van der Waals surface area contributed by atoms with Crippen LogP contribution in [0.25, 0.3) is 22.3 Å². The third-order valence-electron chi connectivity index (χ3n) is 4.81. The summed E-state index contributed by atoms with van der Waals surface area (Å²) in [5.74, 6) is -0.108. The van der Waals surface area contributed by atoms with Crippen LogP contribution in [0, 0.1) is 0 Å². The molecule has 0 aliphatic carbocycles. The van der Waals surface area contributed by atoms with Crippen LogP contribution in [0.2, 0.25) is 0 Å². The number of nitrogens with one attached hydrogen (secondary N) is 1. The predicted octanol–water partition coefficient (Wildman–Crippen LogP) is 4.46. The van der Waals surface area contributed by atoms with Crippen molar-refractivity contribution in [1.82, 2.24) is 9.55 Å². The van der Waals surface area contributed by atoms with Crippen molar-refractivity contribution in [1.29, 1.82) is 0 Å². The van der Waals surface area contributed by atoms with Crippen LogP contribution in [0.4, 0.5) is 5.69 Å². The second-order valence-corrected chi connectivity index (χ2v) is 6.77. The van der Waals surface area contributed by atoms with E-state index in [0.29, 0.717) is 29.9 Å². The van der Waals surface area contributed by atoms with Gasteiger partial charge in [0.2, 0.25) is 5.91 Å². The van der Waals surface area contributed by atoms with E-state index in [-0.39, 0.29) is 11.5 Å². The van der Waals surface area contributed by atoms with E-state index < -0.39 is 0 Å². The fourth-order valence-corrected chi connectivity index (χ4v) is 3.33. The van der Waals surface area contributed by atoms with E-state index in [9.17, 15) is 9.59 Å². The van der Waals surface area contributed by atoms with Gasteiger partial charge in [-0.25, -0.2) is 4.98 Å². The molecule has 0 saturated heterocycles. The van der Waals surface area contributed by atoms with Crippen molar-refractivity contribution in [3.8, 4) is 11.3 Å². The molecule has 5 nitrogen and oxygen atoms in total. The number of hydrogen-bond acceptors (Lipinski definition) is 3. The van der Waals surface area contributed by atoms with Gasteiger partial charge < -0.3 is 9.88 Å². The molecule has 3 aromatic carbocycles. The Kier molecular flexibility index (Phi) is 5.20. The van der Waals surface area contributed by atoms with E-state index in [1.165, 1.54) is 0 Å². The Morgan fingerprint density at radius 2 is 1.62 bits per heavy atom. The molecule has 29 heavy (non-hydrogen) atoms. The second-order valence-electron chi connectivity index (χ2n) is 6.77. The van der Waals surface area contributed by atoms with Gasteiger partial charge in [-0.3, -0.25) is 9.59 Å². The topological polar surface area (TPSA) is 64.0 Å². The number of benzene rings is 3. The zero-order valence-corrected chi connectivity index (χ0v) is 16.1. The molecule has 4 rings (SSSR count). The van der Waals surface area contributed by atoms with Gasteiger partial charge in [0.05, 0.1) is 23.3 Å². The van der Waals surface area contributed by atoms with E-state index in [2.05, 4.69) is 10.3 Å². The maximum atomic E-state index is 13.5. The lowest BCUT2D eigenvalue weighted by atomic mass is 10.1. The Balaban J connectivity index is 1.92. The summed E-state index contributed by atoms with van der Waals surface area (Å²) in [7, 11) is 0. The SMILES string of the molecule is CCC(=O)Nc1ccccc1-c1nc2ccccc2n(Cc2ccccc2)c1=O. The Labute approximate surface area is 168 Å². The van der Waals surface area contributed by atoms with Crippen LogP contribution in [-0.2, 0) is 11.3 Å². The number of hydrogen-bond donors (Lipinski definition) is 1. The second kappa shape index (κ2) is 8.10. The Morgan fingerprint density at radius 1 is 0.931 bits per heavy atom. The number of rotatable bonds is 5. The minimum absolute atomic E-state index is 0.108. The molecule has 0 aliphatic heterocycles. The van der Waals surface area contributed by atoms with Crippen molar-refractivity contribution >= 4 is 22.6 Å². The number of para-hydroxylation sites is 3. The number of amides is 1. The van der Waals surface area contributed by atoms with Crippen LogP contribution >= 0.6 is 0 Å².